The minimum absolute atomic E-state index is 0.147. The average molecular weight is 315 g/mol. The fourth-order valence-electron chi connectivity index (χ4n) is 1.87. The number of quaternary nitrogens is 2. The molecule has 0 spiro atoms. The van der Waals surface area contributed by atoms with Gasteiger partial charge in [0.15, 0.2) is 0 Å². The number of aliphatic carboxylic acids is 1. The van der Waals surface area contributed by atoms with Crippen LogP contribution in [0.4, 0.5) is 5.69 Å². The standard InChI is InChI=1S/C14H20ClN3O3/c1-9-10(15)4-2-5-11(9)18-13(19)8-12(14(20)21)17-7-3-6-16/h2,4-5,12,17H,3,6-8,16H2,1H3,(H,18,19)(H,20,21)/p+1/t12-/m0/s1. The molecule has 0 radical (unpaired) electrons. The summed E-state index contributed by atoms with van der Waals surface area (Å²) in [4.78, 5) is 23.0. The molecule has 0 saturated carbocycles. The maximum Gasteiger partial charge on any atom is 0.230 e. The Bertz CT molecular complexity index is 508. The molecule has 0 heterocycles. The first-order valence-corrected chi connectivity index (χ1v) is 7.22. The van der Waals surface area contributed by atoms with Crippen molar-refractivity contribution < 1.29 is 25.7 Å². The number of rotatable bonds is 8. The molecule has 1 atom stereocenters. The Balaban J connectivity index is 2.61. The Kier molecular flexibility index (Phi) is 7.14. The maximum atomic E-state index is 11.9. The van der Waals surface area contributed by atoms with Crippen molar-refractivity contribution >= 4 is 29.2 Å². The van der Waals surface area contributed by atoms with Crippen LogP contribution in [0.15, 0.2) is 18.2 Å². The first-order valence-electron chi connectivity index (χ1n) is 6.84. The smallest absolute Gasteiger partial charge is 0.230 e. The highest BCUT2D eigenvalue weighted by molar-refractivity contribution is 6.31. The molecule has 0 aliphatic carbocycles. The van der Waals surface area contributed by atoms with Crippen LogP contribution in [-0.4, -0.2) is 31.0 Å². The summed E-state index contributed by atoms with van der Waals surface area (Å²) < 4.78 is 0. The Morgan fingerprint density at radius 2 is 2.19 bits per heavy atom. The van der Waals surface area contributed by atoms with Gasteiger partial charge in [-0.25, -0.2) is 0 Å². The quantitative estimate of drug-likeness (QED) is 0.496. The van der Waals surface area contributed by atoms with E-state index in [1.165, 1.54) is 0 Å². The van der Waals surface area contributed by atoms with Gasteiger partial charge in [0.2, 0.25) is 5.91 Å². The number of nitrogens with one attached hydrogen (secondary N) is 1. The number of hydrogen-bond donors (Lipinski definition) is 3. The minimum atomic E-state index is -1.24. The number of carboxylic acid groups (broad SMARTS) is 1. The Labute approximate surface area is 128 Å². The maximum absolute atomic E-state index is 11.9. The molecular weight excluding hydrogens is 294 g/mol. The van der Waals surface area contributed by atoms with Gasteiger partial charge in [-0.2, -0.15) is 0 Å². The Hall–Kier alpha value is -1.63. The summed E-state index contributed by atoms with van der Waals surface area (Å²) in [7, 11) is 0. The van der Waals surface area contributed by atoms with Crippen LogP contribution in [-0.2, 0) is 9.59 Å². The van der Waals surface area contributed by atoms with Crippen molar-refractivity contribution in [2.45, 2.75) is 25.8 Å². The van der Waals surface area contributed by atoms with Crippen LogP contribution < -0.4 is 21.5 Å². The molecule has 0 bridgehead atoms. The minimum Gasteiger partial charge on any atom is -0.544 e. The van der Waals surface area contributed by atoms with E-state index in [0.29, 0.717) is 17.3 Å². The number of benzene rings is 1. The second kappa shape index (κ2) is 8.61. The van der Waals surface area contributed by atoms with Gasteiger partial charge in [0.25, 0.3) is 0 Å². The average Bonchev–Trinajstić information content (AvgIpc) is 2.43. The van der Waals surface area contributed by atoms with Gasteiger partial charge in [-0.1, -0.05) is 17.7 Å². The summed E-state index contributed by atoms with van der Waals surface area (Å²) in [6.07, 6.45) is 0.643. The van der Waals surface area contributed by atoms with Crippen molar-refractivity contribution in [3.8, 4) is 0 Å². The van der Waals surface area contributed by atoms with E-state index >= 15 is 0 Å². The first-order chi connectivity index (χ1) is 9.95. The molecule has 1 amide bonds. The van der Waals surface area contributed by atoms with Gasteiger partial charge < -0.3 is 26.3 Å². The van der Waals surface area contributed by atoms with Crippen molar-refractivity contribution in [3.05, 3.63) is 28.8 Å². The third-order valence-electron chi connectivity index (χ3n) is 3.16. The van der Waals surface area contributed by atoms with Gasteiger partial charge >= 0.3 is 0 Å². The molecule has 1 aromatic carbocycles. The molecule has 7 heteroatoms. The predicted molar refractivity (Wildman–Crippen MR) is 77.4 cm³/mol. The number of amides is 1. The molecule has 1 rings (SSSR count). The Morgan fingerprint density at radius 1 is 1.48 bits per heavy atom. The zero-order valence-corrected chi connectivity index (χ0v) is 12.8. The lowest BCUT2D eigenvalue weighted by atomic mass is 10.1. The second-order valence-electron chi connectivity index (χ2n) is 4.82. The van der Waals surface area contributed by atoms with Crippen LogP contribution in [0.3, 0.4) is 0 Å². The van der Waals surface area contributed by atoms with Crippen molar-refractivity contribution in [2.24, 2.45) is 0 Å². The van der Waals surface area contributed by atoms with E-state index in [1.54, 1.807) is 30.4 Å². The van der Waals surface area contributed by atoms with Crippen molar-refractivity contribution in [1.82, 2.24) is 0 Å². The molecule has 0 fully saturated rings. The highest BCUT2D eigenvalue weighted by Gasteiger charge is 2.18. The lowest BCUT2D eigenvalue weighted by molar-refractivity contribution is -0.684. The van der Waals surface area contributed by atoms with Crippen molar-refractivity contribution in [1.29, 1.82) is 0 Å². The van der Waals surface area contributed by atoms with Crippen LogP contribution in [0, 0.1) is 6.92 Å². The third-order valence-corrected chi connectivity index (χ3v) is 3.56. The summed E-state index contributed by atoms with van der Waals surface area (Å²) in [5.41, 5.74) is 5.02. The number of carbonyl (C=O) groups is 2. The normalized spacial score (nSPS) is 12.0. The third kappa shape index (κ3) is 5.71. The first kappa shape index (κ1) is 17.4. The summed E-state index contributed by atoms with van der Waals surface area (Å²) in [6.45, 7) is 3.12. The van der Waals surface area contributed by atoms with Gasteiger partial charge in [0, 0.05) is 17.1 Å². The van der Waals surface area contributed by atoms with Crippen LogP contribution in [0.25, 0.3) is 0 Å². The molecule has 0 aliphatic rings. The van der Waals surface area contributed by atoms with Crippen molar-refractivity contribution in [2.75, 3.05) is 18.4 Å². The molecule has 116 valence electrons. The zero-order valence-electron chi connectivity index (χ0n) is 12.0. The zero-order chi connectivity index (χ0) is 15.8. The highest BCUT2D eigenvalue weighted by Crippen LogP contribution is 2.22. The summed E-state index contributed by atoms with van der Waals surface area (Å²) in [5, 5.41) is 15.9. The number of carbonyl (C=O) groups excluding carboxylic acids is 2. The van der Waals surface area contributed by atoms with Crippen LogP contribution in [0.2, 0.25) is 5.02 Å². The second-order valence-corrected chi connectivity index (χ2v) is 5.23. The van der Waals surface area contributed by atoms with E-state index in [2.05, 4.69) is 11.1 Å². The van der Waals surface area contributed by atoms with Crippen LogP contribution in [0.1, 0.15) is 18.4 Å². The molecule has 0 saturated heterocycles. The number of hydrogen-bond acceptors (Lipinski definition) is 3. The number of halogens is 1. The highest BCUT2D eigenvalue weighted by atomic mass is 35.5. The summed E-state index contributed by atoms with van der Waals surface area (Å²) >= 11 is 5.97. The molecular formula is C14H21ClN3O3+. The SMILES string of the molecule is Cc1c(Cl)cccc1NC(=O)C[C@H]([NH2+]CCC[NH3+])C(=O)[O-]. The molecule has 6 N–H and O–H groups in total. The van der Waals surface area contributed by atoms with Crippen LogP contribution >= 0.6 is 11.6 Å². The monoisotopic (exact) mass is 314 g/mol. The van der Waals surface area contributed by atoms with E-state index in [-0.39, 0.29) is 12.3 Å². The van der Waals surface area contributed by atoms with Gasteiger partial charge in [0.1, 0.15) is 6.04 Å². The van der Waals surface area contributed by atoms with Gasteiger partial charge in [-0.05, 0) is 24.6 Å². The number of anilines is 1. The Morgan fingerprint density at radius 3 is 2.81 bits per heavy atom. The fraction of sp³-hybridized carbons (Fsp3) is 0.429. The van der Waals surface area contributed by atoms with Gasteiger partial charge in [-0.15, -0.1) is 0 Å². The van der Waals surface area contributed by atoms with E-state index in [1.807, 2.05) is 0 Å². The van der Waals surface area contributed by atoms with E-state index in [9.17, 15) is 14.7 Å². The predicted octanol–water partition coefficient (Wildman–Crippen LogP) is -1.71. The summed E-state index contributed by atoms with van der Waals surface area (Å²) in [6, 6.07) is 4.28. The molecule has 21 heavy (non-hydrogen) atoms. The topological polar surface area (TPSA) is 113 Å². The summed E-state index contributed by atoms with van der Waals surface area (Å²) in [5.74, 6) is -1.61. The number of carboxylic acids is 1. The van der Waals surface area contributed by atoms with E-state index in [0.717, 1.165) is 18.5 Å². The number of nitrogens with two attached hydrogens (primary N) is 1. The lowest BCUT2D eigenvalue weighted by Crippen LogP contribution is -2.93. The molecule has 0 aliphatic heterocycles. The molecule has 0 aromatic heterocycles. The van der Waals surface area contributed by atoms with E-state index in [4.69, 9.17) is 11.6 Å². The fourth-order valence-corrected chi connectivity index (χ4v) is 2.04. The van der Waals surface area contributed by atoms with Crippen molar-refractivity contribution in [3.63, 3.8) is 0 Å². The molecule has 6 nitrogen and oxygen atoms in total. The lowest BCUT2D eigenvalue weighted by Gasteiger charge is -2.16. The molecule has 0 unspecified atom stereocenters. The molecule has 1 aromatic rings. The van der Waals surface area contributed by atoms with Gasteiger partial charge in [-0.3, -0.25) is 4.79 Å². The van der Waals surface area contributed by atoms with Crippen LogP contribution in [0.5, 0.6) is 0 Å². The van der Waals surface area contributed by atoms with Gasteiger partial charge in [0.05, 0.1) is 25.5 Å². The van der Waals surface area contributed by atoms with E-state index < -0.39 is 12.0 Å². The largest absolute Gasteiger partial charge is 0.544 e.